The Balaban J connectivity index is 1.09. The van der Waals surface area contributed by atoms with Crippen LogP contribution in [-0.2, 0) is 24.7 Å². The van der Waals surface area contributed by atoms with E-state index in [9.17, 15) is 14.4 Å². The molecule has 1 unspecified atom stereocenters. The predicted molar refractivity (Wildman–Crippen MR) is 265 cm³/mol. The number of hydrogen-bond acceptors (Lipinski definition) is 5. The van der Waals surface area contributed by atoms with Crippen LogP contribution in [0.25, 0.3) is 11.1 Å². The Hall–Kier alpha value is -5.40. The van der Waals surface area contributed by atoms with E-state index in [-0.39, 0.29) is 24.9 Å². The van der Waals surface area contributed by atoms with Crippen molar-refractivity contribution in [2.45, 2.75) is 133 Å². The summed E-state index contributed by atoms with van der Waals surface area (Å²) >= 11 is 7.13. The van der Waals surface area contributed by atoms with E-state index in [0.717, 1.165) is 65.5 Å². The lowest BCUT2D eigenvalue weighted by atomic mass is 9.78. The van der Waals surface area contributed by atoms with Crippen LogP contribution in [0.2, 0.25) is 5.02 Å². The van der Waals surface area contributed by atoms with Gasteiger partial charge in [-0.2, -0.15) is 0 Å². The zero-order chi connectivity index (χ0) is 45.7. The van der Waals surface area contributed by atoms with Crippen molar-refractivity contribution >= 4 is 29.6 Å². The fraction of sp³-hybridized carbons (Fsp3) is 0.431. The van der Waals surface area contributed by atoms with Crippen LogP contribution in [-0.4, -0.2) is 60.6 Å². The summed E-state index contributed by atoms with van der Waals surface area (Å²) in [7, 11) is 1.56. The lowest BCUT2D eigenvalue weighted by Crippen LogP contribution is -2.52. The number of carbonyl (C=O) groups excluding carboxylic acids is 3. The highest BCUT2D eigenvalue weighted by atomic mass is 35.5. The molecule has 0 radical (unpaired) electrons. The molecule has 1 saturated carbocycles. The first kappa shape index (κ1) is 47.1. The molecule has 2 amide bonds. The molecule has 8 rings (SSSR count). The number of halogens is 1. The van der Waals surface area contributed by atoms with Crippen molar-refractivity contribution in [3.63, 3.8) is 0 Å². The van der Waals surface area contributed by atoms with Crippen LogP contribution in [0.1, 0.15) is 154 Å². The van der Waals surface area contributed by atoms with Crippen molar-refractivity contribution in [1.82, 2.24) is 9.80 Å². The number of nitrogens with zero attached hydrogens (tertiary/aromatic N) is 2. The molecular weight excluding hydrogens is 840 g/mol. The third-order valence-corrected chi connectivity index (χ3v) is 14.8. The minimum absolute atomic E-state index is 0.0900. The van der Waals surface area contributed by atoms with Gasteiger partial charge in [-0.3, -0.25) is 14.5 Å². The number of piperidine rings is 1. The lowest BCUT2D eigenvalue weighted by molar-refractivity contribution is -0.157. The van der Waals surface area contributed by atoms with Crippen molar-refractivity contribution in [3.8, 4) is 11.1 Å². The summed E-state index contributed by atoms with van der Waals surface area (Å²) in [6.45, 7) is 1.21. The van der Waals surface area contributed by atoms with Crippen molar-refractivity contribution in [2.75, 3.05) is 26.7 Å². The topological polar surface area (TPSA) is 76.1 Å². The van der Waals surface area contributed by atoms with Gasteiger partial charge >= 0.3 is 12.1 Å². The SMILES string of the molecule is CN(C(=O)OCC1c2ccccc2-c2ccccc21)[C@@H](CC(=O)OC(c1ccccc1)(c1ccc(C2CCCCCCCCCCCCC2)cc1)c1ccccc1Cl)C(=O)N1CCCCC1. The van der Waals surface area contributed by atoms with E-state index >= 15 is 0 Å². The predicted octanol–water partition coefficient (Wildman–Crippen LogP) is 14.0. The largest absolute Gasteiger partial charge is 0.448 e. The average molecular weight is 908 g/mol. The van der Waals surface area contributed by atoms with Gasteiger partial charge in [-0.25, -0.2) is 4.79 Å². The maximum absolute atomic E-state index is 15.0. The quantitative estimate of drug-likeness (QED) is 0.0975. The monoisotopic (exact) mass is 906 g/mol. The summed E-state index contributed by atoms with van der Waals surface area (Å²) in [5.74, 6) is -0.638. The van der Waals surface area contributed by atoms with Gasteiger partial charge in [0.1, 0.15) is 12.6 Å². The van der Waals surface area contributed by atoms with Gasteiger partial charge < -0.3 is 14.4 Å². The van der Waals surface area contributed by atoms with E-state index in [0.29, 0.717) is 29.6 Å². The minimum atomic E-state index is -1.47. The highest BCUT2D eigenvalue weighted by Crippen LogP contribution is 2.46. The summed E-state index contributed by atoms with van der Waals surface area (Å²) in [5, 5.41) is 0.445. The number of benzene rings is 5. The number of rotatable bonds is 11. The fourth-order valence-electron chi connectivity index (χ4n) is 10.8. The fourth-order valence-corrected chi connectivity index (χ4v) is 11.1. The normalized spacial score (nSPS) is 17.9. The van der Waals surface area contributed by atoms with Crippen LogP contribution in [0.3, 0.4) is 0 Å². The van der Waals surface area contributed by atoms with Gasteiger partial charge in [0.25, 0.3) is 0 Å². The first-order valence-corrected chi connectivity index (χ1v) is 25.2. The maximum atomic E-state index is 15.0. The highest BCUT2D eigenvalue weighted by molar-refractivity contribution is 6.31. The molecule has 66 heavy (non-hydrogen) atoms. The van der Waals surface area contributed by atoms with Crippen LogP contribution in [0.15, 0.2) is 127 Å². The summed E-state index contributed by atoms with van der Waals surface area (Å²) in [6, 6.07) is 41.1. The Morgan fingerprint density at radius 2 is 1.12 bits per heavy atom. The van der Waals surface area contributed by atoms with Gasteiger partial charge in [-0.05, 0) is 71.9 Å². The number of likely N-dealkylation sites (tertiary alicyclic amines) is 1. The summed E-state index contributed by atoms with van der Waals surface area (Å²) in [4.78, 5) is 46.8. The van der Waals surface area contributed by atoms with Gasteiger partial charge in [0, 0.05) is 47.8 Å². The van der Waals surface area contributed by atoms with E-state index in [1.165, 1.54) is 81.1 Å². The van der Waals surface area contributed by atoms with Crippen LogP contribution in [0.5, 0.6) is 0 Å². The Morgan fingerprint density at radius 3 is 1.71 bits per heavy atom. The molecule has 0 N–H and O–H groups in total. The number of ether oxygens (including phenoxy) is 2. The molecule has 8 heteroatoms. The summed E-state index contributed by atoms with van der Waals surface area (Å²) < 4.78 is 13.0. The van der Waals surface area contributed by atoms with E-state index in [4.69, 9.17) is 21.1 Å². The van der Waals surface area contributed by atoms with Crippen LogP contribution >= 0.6 is 11.6 Å². The molecule has 1 heterocycles. The molecule has 5 aromatic rings. The van der Waals surface area contributed by atoms with Crippen molar-refractivity contribution in [1.29, 1.82) is 0 Å². The number of fused-ring (bicyclic) bond motifs is 3. The van der Waals surface area contributed by atoms with E-state index < -0.39 is 23.7 Å². The molecule has 2 aliphatic carbocycles. The molecular formula is C58H67ClN2O5. The van der Waals surface area contributed by atoms with E-state index in [1.807, 2.05) is 78.9 Å². The molecule has 2 atom stereocenters. The second-order valence-corrected chi connectivity index (χ2v) is 19.2. The number of likely N-dealkylation sites (N-methyl/N-ethyl adjacent to an activating group) is 1. The summed E-state index contributed by atoms with van der Waals surface area (Å²) in [5.41, 5.74) is 6.35. The highest BCUT2D eigenvalue weighted by Gasteiger charge is 2.44. The minimum Gasteiger partial charge on any atom is -0.448 e. The number of esters is 1. The molecule has 5 aromatic carbocycles. The Morgan fingerprint density at radius 1 is 0.621 bits per heavy atom. The first-order chi connectivity index (χ1) is 32.3. The molecule has 0 bridgehead atoms. The number of hydrogen-bond donors (Lipinski definition) is 0. The average Bonchev–Trinajstić information content (AvgIpc) is 3.68. The van der Waals surface area contributed by atoms with Crippen LogP contribution in [0.4, 0.5) is 4.79 Å². The molecule has 2 fully saturated rings. The van der Waals surface area contributed by atoms with Gasteiger partial charge in [-0.15, -0.1) is 0 Å². The molecule has 3 aliphatic rings. The molecule has 1 saturated heterocycles. The maximum Gasteiger partial charge on any atom is 0.410 e. The second-order valence-electron chi connectivity index (χ2n) is 18.8. The van der Waals surface area contributed by atoms with Gasteiger partial charge in [0.05, 0.1) is 6.42 Å². The summed E-state index contributed by atoms with van der Waals surface area (Å²) in [6.07, 6.45) is 18.4. The van der Waals surface area contributed by atoms with Crippen molar-refractivity contribution in [3.05, 3.63) is 166 Å². The standard InChI is InChI=1S/C58H67ClN2O5/c1-60(57(64)65-42-51-49-31-19-17-29-47(49)48-30-18-20-32-50(48)51)54(56(63)61-39-23-12-24-40-61)41-55(62)66-58(45-27-15-11-16-28-45,52-33-21-22-34-53(52)59)46-37-35-44(36-38-46)43-25-13-9-7-5-3-2-4-6-8-10-14-26-43/h11,15-22,27-38,43,51,54H,2-10,12-14,23-26,39-42H2,1H3/t54-,58?/m0/s1. The van der Waals surface area contributed by atoms with E-state index in [2.05, 4.69) is 48.5 Å². The van der Waals surface area contributed by atoms with Gasteiger partial charge in [-0.1, -0.05) is 204 Å². The number of carbonyl (C=O) groups is 3. The third kappa shape index (κ3) is 10.9. The Kier molecular flexibility index (Phi) is 16.3. The first-order valence-electron chi connectivity index (χ1n) is 24.8. The van der Waals surface area contributed by atoms with Gasteiger partial charge in [0.15, 0.2) is 5.60 Å². The molecule has 0 aromatic heterocycles. The van der Waals surface area contributed by atoms with Crippen LogP contribution < -0.4 is 0 Å². The molecule has 0 spiro atoms. The van der Waals surface area contributed by atoms with E-state index in [1.54, 1.807) is 11.9 Å². The Bertz CT molecular complexity index is 2320. The third-order valence-electron chi connectivity index (χ3n) is 14.5. The second kappa shape index (κ2) is 22.9. The van der Waals surface area contributed by atoms with Crippen molar-refractivity contribution < 1.29 is 23.9 Å². The Labute approximate surface area is 397 Å². The van der Waals surface area contributed by atoms with Gasteiger partial charge in [0.2, 0.25) is 5.91 Å². The number of amides is 2. The zero-order valence-corrected chi connectivity index (χ0v) is 39.6. The smallest absolute Gasteiger partial charge is 0.410 e. The molecule has 346 valence electrons. The zero-order valence-electron chi connectivity index (χ0n) is 38.8. The molecule has 1 aliphatic heterocycles. The molecule has 7 nitrogen and oxygen atoms in total. The van der Waals surface area contributed by atoms with Crippen molar-refractivity contribution in [2.24, 2.45) is 0 Å². The lowest BCUT2D eigenvalue weighted by Gasteiger charge is -2.37. The van der Waals surface area contributed by atoms with Crippen LogP contribution in [0, 0.1) is 0 Å².